The highest BCUT2D eigenvalue weighted by atomic mass is 16.5. The van der Waals surface area contributed by atoms with Crippen molar-refractivity contribution in [3.63, 3.8) is 0 Å². The largest absolute Gasteiger partial charge is 0.513 e. The zero-order chi connectivity index (χ0) is 16.8. The number of carbonyl (C=O) groups is 1. The van der Waals surface area contributed by atoms with E-state index in [4.69, 9.17) is 4.74 Å². The summed E-state index contributed by atoms with van der Waals surface area (Å²) in [7, 11) is 0. The fraction of sp³-hybridized carbons (Fsp3) is 0.211. The Bertz CT molecular complexity index is 714. The Morgan fingerprint density at radius 1 is 1.17 bits per heavy atom. The van der Waals surface area contributed by atoms with E-state index < -0.39 is 0 Å². The van der Waals surface area contributed by atoms with Gasteiger partial charge >= 0.3 is 0 Å². The van der Waals surface area contributed by atoms with Gasteiger partial charge in [-0.25, -0.2) is 0 Å². The maximum absolute atomic E-state index is 12.5. The Morgan fingerprint density at radius 3 is 2.48 bits per heavy atom. The van der Waals surface area contributed by atoms with Crippen molar-refractivity contribution in [3.05, 3.63) is 64.9 Å². The molecule has 0 aromatic heterocycles. The van der Waals surface area contributed by atoms with Gasteiger partial charge in [-0.1, -0.05) is 43.3 Å². The minimum atomic E-state index is -0.277. The first-order chi connectivity index (χ1) is 11.0. The lowest BCUT2D eigenvalue weighted by Crippen LogP contribution is -2.05. The number of benzene rings is 2. The van der Waals surface area contributed by atoms with Gasteiger partial charge in [-0.05, 0) is 25.5 Å². The van der Waals surface area contributed by atoms with Crippen LogP contribution in [0.15, 0.2) is 48.2 Å². The molecule has 0 saturated carbocycles. The summed E-state index contributed by atoms with van der Waals surface area (Å²) in [5.41, 5.74) is 1.20. The monoisotopic (exact) mass is 312 g/mol. The maximum atomic E-state index is 12.5. The number of aliphatic hydroxyl groups is 1. The summed E-state index contributed by atoms with van der Waals surface area (Å²) in [4.78, 5) is 12.5. The lowest BCUT2D eigenvalue weighted by atomic mass is 9.99. The molecule has 0 radical (unpaired) electrons. The third-order valence-corrected chi connectivity index (χ3v) is 3.26. The van der Waals surface area contributed by atoms with Crippen LogP contribution in [0.4, 0.5) is 0 Å². The smallest absolute Gasteiger partial charge is 0.196 e. The van der Waals surface area contributed by atoms with Gasteiger partial charge in [0.15, 0.2) is 17.3 Å². The number of hydrogen-bond donors (Lipinski definition) is 2. The minimum Gasteiger partial charge on any atom is -0.513 e. The average Bonchev–Trinajstić information content (AvgIpc) is 2.54. The molecule has 0 atom stereocenters. The Labute approximate surface area is 135 Å². The van der Waals surface area contributed by atoms with E-state index in [9.17, 15) is 15.0 Å². The number of hydrogen-bond acceptors (Lipinski definition) is 4. The standard InChI is InChI=1S/C19H20O4/c1-3-11-23-19-15(12-13(2)20)9-10-16(18(19)22)17(21)14-7-5-4-6-8-14/h4-10,12,20,22H,3,11H2,1-2H3. The van der Waals surface area contributed by atoms with Crippen LogP contribution in [0.3, 0.4) is 0 Å². The van der Waals surface area contributed by atoms with Gasteiger partial charge in [0.2, 0.25) is 0 Å². The average molecular weight is 312 g/mol. The molecule has 0 aliphatic carbocycles. The summed E-state index contributed by atoms with van der Waals surface area (Å²) in [6, 6.07) is 11.9. The van der Waals surface area contributed by atoms with Gasteiger partial charge in [0.1, 0.15) is 0 Å². The fourth-order valence-corrected chi connectivity index (χ4v) is 2.21. The van der Waals surface area contributed by atoms with Crippen molar-refractivity contribution in [2.75, 3.05) is 6.61 Å². The molecule has 120 valence electrons. The van der Waals surface area contributed by atoms with Crippen molar-refractivity contribution in [2.45, 2.75) is 20.3 Å². The number of carbonyl (C=O) groups excluding carboxylic acids is 1. The van der Waals surface area contributed by atoms with Crippen LogP contribution < -0.4 is 4.74 Å². The van der Waals surface area contributed by atoms with Crippen molar-refractivity contribution in [3.8, 4) is 11.5 Å². The molecule has 2 N–H and O–H groups in total. The summed E-state index contributed by atoms with van der Waals surface area (Å²) in [5.74, 6) is -0.182. The second-order valence-electron chi connectivity index (χ2n) is 5.21. The van der Waals surface area contributed by atoms with Gasteiger partial charge < -0.3 is 14.9 Å². The molecule has 2 rings (SSSR count). The first kappa shape index (κ1) is 16.6. The molecule has 0 amide bonds. The lowest BCUT2D eigenvalue weighted by molar-refractivity contribution is 0.103. The second kappa shape index (κ2) is 7.49. The molecule has 23 heavy (non-hydrogen) atoms. The molecule has 0 fully saturated rings. The van der Waals surface area contributed by atoms with E-state index in [1.54, 1.807) is 30.3 Å². The lowest BCUT2D eigenvalue weighted by Gasteiger charge is -2.13. The van der Waals surface area contributed by atoms with Crippen LogP contribution in [0.25, 0.3) is 6.08 Å². The van der Waals surface area contributed by atoms with E-state index in [1.807, 2.05) is 13.0 Å². The summed E-state index contributed by atoms with van der Waals surface area (Å²) >= 11 is 0. The third kappa shape index (κ3) is 3.92. The normalized spacial score (nSPS) is 11.3. The molecule has 0 aliphatic rings. The number of aliphatic hydroxyl groups excluding tert-OH is 1. The van der Waals surface area contributed by atoms with Crippen molar-refractivity contribution >= 4 is 11.9 Å². The Kier molecular flexibility index (Phi) is 5.41. The first-order valence-electron chi connectivity index (χ1n) is 7.50. The molecule has 0 bridgehead atoms. The van der Waals surface area contributed by atoms with Gasteiger partial charge in [0.05, 0.1) is 17.9 Å². The van der Waals surface area contributed by atoms with Crippen LogP contribution in [-0.2, 0) is 0 Å². The predicted octanol–water partition coefficient (Wildman–Crippen LogP) is 4.33. The molecule has 2 aromatic rings. The van der Waals surface area contributed by atoms with Crippen LogP contribution in [-0.4, -0.2) is 22.6 Å². The van der Waals surface area contributed by atoms with Crippen LogP contribution in [0.5, 0.6) is 11.5 Å². The van der Waals surface area contributed by atoms with Crippen LogP contribution in [0.2, 0.25) is 0 Å². The highest BCUT2D eigenvalue weighted by Crippen LogP contribution is 2.36. The second-order valence-corrected chi connectivity index (χ2v) is 5.21. The van der Waals surface area contributed by atoms with Gasteiger partial charge in [-0.3, -0.25) is 4.79 Å². The van der Waals surface area contributed by atoms with Gasteiger partial charge in [-0.15, -0.1) is 0 Å². The Morgan fingerprint density at radius 2 is 1.87 bits per heavy atom. The quantitative estimate of drug-likeness (QED) is 0.615. The molecular weight excluding hydrogens is 292 g/mol. The van der Waals surface area contributed by atoms with Gasteiger partial charge in [0.25, 0.3) is 0 Å². The fourth-order valence-electron chi connectivity index (χ4n) is 2.21. The van der Waals surface area contributed by atoms with Crippen LogP contribution >= 0.6 is 0 Å². The molecule has 0 saturated heterocycles. The van der Waals surface area contributed by atoms with Crippen LogP contribution in [0, 0.1) is 0 Å². The maximum Gasteiger partial charge on any atom is 0.196 e. The summed E-state index contributed by atoms with van der Waals surface area (Å²) in [6.45, 7) is 3.88. The summed E-state index contributed by atoms with van der Waals surface area (Å²) < 4.78 is 5.59. The summed E-state index contributed by atoms with van der Waals surface area (Å²) in [6.07, 6.45) is 2.25. The van der Waals surface area contributed by atoms with E-state index in [0.29, 0.717) is 17.7 Å². The zero-order valence-corrected chi connectivity index (χ0v) is 13.2. The van der Waals surface area contributed by atoms with E-state index in [0.717, 1.165) is 6.42 Å². The number of aromatic hydroxyl groups is 1. The first-order valence-corrected chi connectivity index (χ1v) is 7.50. The van der Waals surface area contributed by atoms with E-state index in [-0.39, 0.29) is 28.6 Å². The van der Waals surface area contributed by atoms with Crippen LogP contribution in [0.1, 0.15) is 41.8 Å². The molecule has 0 heterocycles. The third-order valence-electron chi connectivity index (χ3n) is 3.26. The van der Waals surface area contributed by atoms with Crippen molar-refractivity contribution < 1.29 is 19.7 Å². The molecule has 4 heteroatoms. The Hall–Kier alpha value is -2.75. The number of rotatable bonds is 6. The van der Waals surface area contributed by atoms with E-state index >= 15 is 0 Å². The van der Waals surface area contributed by atoms with Crippen molar-refractivity contribution in [1.82, 2.24) is 0 Å². The van der Waals surface area contributed by atoms with Crippen molar-refractivity contribution in [1.29, 1.82) is 0 Å². The van der Waals surface area contributed by atoms with E-state index in [1.165, 1.54) is 19.1 Å². The highest BCUT2D eigenvalue weighted by Gasteiger charge is 2.19. The zero-order valence-electron chi connectivity index (χ0n) is 13.2. The SMILES string of the molecule is CCCOc1c(C=C(C)O)ccc(C(=O)c2ccccc2)c1O. The van der Waals surface area contributed by atoms with E-state index in [2.05, 4.69) is 0 Å². The van der Waals surface area contributed by atoms with Gasteiger partial charge in [-0.2, -0.15) is 0 Å². The molecule has 0 unspecified atom stereocenters. The Balaban J connectivity index is 2.50. The molecule has 0 spiro atoms. The molecular formula is C19H20O4. The van der Waals surface area contributed by atoms with Gasteiger partial charge in [0, 0.05) is 11.1 Å². The van der Waals surface area contributed by atoms with Crippen molar-refractivity contribution in [2.24, 2.45) is 0 Å². The molecule has 0 aliphatic heterocycles. The predicted molar refractivity (Wildman–Crippen MR) is 90.0 cm³/mol. The number of ether oxygens (including phenoxy) is 1. The number of phenols is 1. The molecule has 4 nitrogen and oxygen atoms in total. The topological polar surface area (TPSA) is 66.8 Å². The summed E-state index contributed by atoms with van der Waals surface area (Å²) in [5, 5.41) is 19.9. The number of ketones is 1. The minimum absolute atomic E-state index is 0.0906. The highest BCUT2D eigenvalue weighted by molar-refractivity contribution is 6.11. The number of allylic oxidation sites excluding steroid dienone is 1. The molecule has 2 aromatic carbocycles. The number of phenolic OH excluding ortho intramolecular Hbond substituents is 1.